The van der Waals surface area contributed by atoms with Crippen molar-refractivity contribution in [1.82, 2.24) is 30.6 Å². The smallest absolute Gasteiger partial charge is 0.240 e. The topological polar surface area (TPSA) is 92.5 Å². The molecule has 7 nitrogen and oxygen atoms in total. The summed E-state index contributed by atoms with van der Waals surface area (Å²) in [7, 11) is 0. The second-order valence-electron chi connectivity index (χ2n) is 5.30. The highest BCUT2D eigenvalue weighted by Crippen LogP contribution is 2.19. The standard InChI is InChI=1S/C15H18N6O/c1-10(2)14-19-12(22-21-14)8-16-13(15-17-9-18-20-15)11-6-4-3-5-7-11/h3-7,9-10,13,16H,8H2,1-2H3,(H,17,18,20)/t13-/m0/s1. The van der Waals surface area contributed by atoms with Crippen molar-refractivity contribution in [3.8, 4) is 0 Å². The van der Waals surface area contributed by atoms with E-state index in [0.717, 1.165) is 11.4 Å². The van der Waals surface area contributed by atoms with Crippen LogP contribution in [0.1, 0.15) is 48.9 Å². The number of hydrogen-bond donors (Lipinski definition) is 2. The van der Waals surface area contributed by atoms with E-state index in [1.54, 1.807) is 0 Å². The maximum Gasteiger partial charge on any atom is 0.240 e. The molecule has 0 aliphatic carbocycles. The summed E-state index contributed by atoms with van der Waals surface area (Å²) >= 11 is 0. The van der Waals surface area contributed by atoms with E-state index in [4.69, 9.17) is 4.52 Å². The van der Waals surface area contributed by atoms with Crippen molar-refractivity contribution in [2.45, 2.75) is 32.4 Å². The molecule has 3 rings (SSSR count). The predicted molar refractivity (Wildman–Crippen MR) is 79.9 cm³/mol. The summed E-state index contributed by atoms with van der Waals surface area (Å²) in [6.45, 7) is 4.52. The number of benzene rings is 1. The van der Waals surface area contributed by atoms with Crippen molar-refractivity contribution in [2.24, 2.45) is 0 Å². The summed E-state index contributed by atoms with van der Waals surface area (Å²) in [6.07, 6.45) is 1.50. The van der Waals surface area contributed by atoms with Gasteiger partial charge in [0.1, 0.15) is 12.2 Å². The molecule has 0 aliphatic heterocycles. The lowest BCUT2D eigenvalue weighted by molar-refractivity contribution is 0.356. The second kappa shape index (κ2) is 6.48. The molecular formula is C15H18N6O. The third-order valence-electron chi connectivity index (χ3n) is 3.30. The third kappa shape index (κ3) is 3.20. The first kappa shape index (κ1) is 14.4. The van der Waals surface area contributed by atoms with Crippen LogP contribution in [0.2, 0.25) is 0 Å². The van der Waals surface area contributed by atoms with E-state index in [1.807, 2.05) is 44.2 Å². The van der Waals surface area contributed by atoms with Crippen LogP contribution in [0.5, 0.6) is 0 Å². The first-order valence-corrected chi connectivity index (χ1v) is 7.20. The van der Waals surface area contributed by atoms with Gasteiger partial charge in [-0.15, -0.1) is 0 Å². The molecule has 0 radical (unpaired) electrons. The molecular weight excluding hydrogens is 280 g/mol. The number of H-pyrrole nitrogens is 1. The van der Waals surface area contributed by atoms with Crippen LogP contribution in [0.3, 0.4) is 0 Å². The first-order chi connectivity index (χ1) is 10.7. The highest BCUT2D eigenvalue weighted by Gasteiger charge is 2.18. The van der Waals surface area contributed by atoms with Gasteiger partial charge in [0.25, 0.3) is 0 Å². The Labute approximate surface area is 128 Å². The highest BCUT2D eigenvalue weighted by molar-refractivity contribution is 5.24. The fourth-order valence-corrected chi connectivity index (χ4v) is 2.14. The number of aromatic amines is 1. The summed E-state index contributed by atoms with van der Waals surface area (Å²) in [5, 5.41) is 14.2. The number of nitrogens with one attached hydrogen (secondary N) is 2. The zero-order chi connectivity index (χ0) is 15.4. The number of rotatable bonds is 6. The Kier molecular flexibility index (Phi) is 4.24. The van der Waals surface area contributed by atoms with Gasteiger partial charge in [0, 0.05) is 5.92 Å². The molecule has 1 aromatic carbocycles. The molecule has 0 unspecified atom stereocenters. The number of hydrogen-bond acceptors (Lipinski definition) is 6. The van der Waals surface area contributed by atoms with Gasteiger partial charge in [-0.05, 0) is 5.56 Å². The molecule has 7 heteroatoms. The van der Waals surface area contributed by atoms with Gasteiger partial charge in [0.2, 0.25) is 5.89 Å². The van der Waals surface area contributed by atoms with Crippen molar-refractivity contribution in [2.75, 3.05) is 0 Å². The van der Waals surface area contributed by atoms with Crippen LogP contribution in [0.4, 0.5) is 0 Å². The average Bonchev–Trinajstić information content (AvgIpc) is 3.20. The van der Waals surface area contributed by atoms with Crippen LogP contribution in [0.15, 0.2) is 41.2 Å². The molecule has 2 N–H and O–H groups in total. The van der Waals surface area contributed by atoms with Crippen LogP contribution in [-0.2, 0) is 6.54 Å². The van der Waals surface area contributed by atoms with E-state index in [2.05, 4.69) is 30.6 Å². The Balaban J connectivity index is 1.76. The highest BCUT2D eigenvalue weighted by atomic mass is 16.5. The molecule has 0 spiro atoms. The van der Waals surface area contributed by atoms with Crippen molar-refractivity contribution in [3.63, 3.8) is 0 Å². The van der Waals surface area contributed by atoms with Crippen LogP contribution in [0, 0.1) is 0 Å². The number of nitrogens with zero attached hydrogens (tertiary/aromatic N) is 4. The van der Waals surface area contributed by atoms with E-state index >= 15 is 0 Å². The van der Waals surface area contributed by atoms with Crippen LogP contribution >= 0.6 is 0 Å². The third-order valence-corrected chi connectivity index (χ3v) is 3.30. The Morgan fingerprint density at radius 3 is 2.68 bits per heavy atom. The second-order valence-corrected chi connectivity index (χ2v) is 5.30. The van der Waals surface area contributed by atoms with Gasteiger partial charge in [-0.1, -0.05) is 49.3 Å². The average molecular weight is 298 g/mol. The van der Waals surface area contributed by atoms with E-state index in [9.17, 15) is 0 Å². The van der Waals surface area contributed by atoms with Crippen LogP contribution in [-0.4, -0.2) is 25.3 Å². The molecule has 1 atom stereocenters. The maximum absolute atomic E-state index is 5.26. The zero-order valence-electron chi connectivity index (χ0n) is 12.5. The van der Waals surface area contributed by atoms with E-state index < -0.39 is 0 Å². The van der Waals surface area contributed by atoms with Gasteiger partial charge in [0.05, 0.1) is 12.6 Å². The van der Waals surface area contributed by atoms with Gasteiger partial charge in [-0.2, -0.15) is 10.1 Å². The van der Waals surface area contributed by atoms with E-state index in [1.165, 1.54) is 6.33 Å². The largest absolute Gasteiger partial charge is 0.338 e. The van der Waals surface area contributed by atoms with Gasteiger partial charge in [-0.3, -0.25) is 10.4 Å². The lowest BCUT2D eigenvalue weighted by atomic mass is 10.1. The van der Waals surface area contributed by atoms with E-state index in [-0.39, 0.29) is 12.0 Å². The number of aromatic nitrogens is 5. The van der Waals surface area contributed by atoms with Crippen molar-refractivity contribution in [1.29, 1.82) is 0 Å². The normalized spacial score (nSPS) is 12.7. The summed E-state index contributed by atoms with van der Waals surface area (Å²) in [6, 6.07) is 9.92. The molecule has 2 aromatic heterocycles. The molecule has 2 heterocycles. The fraction of sp³-hybridized carbons (Fsp3) is 0.333. The molecule has 114 valence electrons. The molecule has 22 heavy (non-hydrogen) atoms. The van der Waals surface area contributed by atoms with Crippen molar-refractivity contribution < 1.29 is 4.52 Å². The van der Waals surface area contributed by atoms with Crippen LogP contribution < -0.4 is 5.32 Å². The summed E-state index contributed by atoms with van der Waals surface area (Å²) in [5.41, 5.74) is 1.09. The van der Waals surface area contributed by atoms with Gasteiger partial charge in [0.15, 0.2) is 5.82 Å². The molecule has 0 saturated heterocycles. The Bertz CT molecular complexity index is 692. The van der Waals surface area contributed by atoms with Crippen molar-refractivity contribution in [3.05, 3.63) is 59.8 Å². The lowest BCUT2D eigenvalue weighted by Crippen LogP contribution is -2.23. The fourth-order valence-electron chi connectivity index (χ4n) is 2.14. The SMILES string of the molecule is CC(C)c1noc(CN[C@@H](c2ccccc2)c2ncn[nH]2)n1. The molecule has 0 aliphatic rings. The Hall–Kier alpha value is -2.54. The molecule has 3 aromatic rings. The summed E-state index contributed by atoms with van der Waals surface area (Å²) < 4.78 is 5.26. The minimum atomic E-state index is -0.113. The predicted octanol–water partition coefficient (Wildman–Crippen LogP) is 2.19. The van der Waals surface area contributed by atoms with Crippen LogP contribution in [0.25, 0.3) is 0 Å². The van der Waals surface area contributed by atoms with Gasteiger partial charge in [-0.25, -0.2) is 4.98 Å². The monoisotopic (exact) mass is 298 g/mol. The summed E-state index contributed by atoms with van der Waals surface area (Å²) in [4.78, 5) is 8.61. The zero-order valence-corrected chi connectivity index (χ0v) is 12.5. The first-order valence-electron chi connectivity index (χ1n) is 7.20. The Morgan fingerprint density at radius 1 is 1.23 bits per heavy atom. The van der Waals surface area contributed by atoms with E-state index in [0.29, 0.717) is 18.3 Å². The summed E-state index contributed by atoms with van der Waals surface area (Å²) in [5.74, 6) is 2.27. The minimum Gasteiger partial charge on any atom is -0.338 e. The molecule has 0 bridgehead atoms. The van der Waals surface area contributed by atoms with Crippen molar-refractivity contribution >= 4 is 0 Å². The quantitative estimate of drug-likeness (QED) is 0.724. The molecule has 0 amide bonds. The molecule has 0 fully saturated rings. The Morgan fingerprint density at radius 2 is 2.05 bits per heavy atom. The molecule has 0 saturated carbocycles. The lowest BCUT2D eigenvalue weighted by Gasteiger charge is -2.15. The van der Waals surface area contributed by atoms with Gasteiger partial charge < -0.3 is 4.52 Å². The maximum atomic E-state index is 5.26. The minimum absolute atomic E-state index is 0.113. The van der Waals surface area contributed by atoms with Gasteiger partial charge >= 0.3 is 0 Å².